The number of carbonyl (C=O) groups excluding carboxylic acids is 3. The molecule has 1 atom stereocenters. The van der Waals surface area contributed by atoms with Crippen molar-refractivity contribution in [2.24, 2.45) is 5.73 Å². The largest absolute Gasteiger partial charge is 0.461 e. The summed E-state index contributed by atoms with van der Waals surface area (Å²) in [4.78, 5) is 37.7. The number of aryl methyl sites for hydroxylation is 2. The molecular formula is C24H24N2O5S. The number of esters is 1. The van der Waals surface area contributed by atoms with E-state index in [4.69, 9.17) is 14.9 Å². The topological polar surface area (TPSA) is 112 Å². The molecule has 3 N–H and O–H groups in total. The molecule has 2 heterocycles. The van der Waals surface area contributed by atoms with Gasteiger partial charge < -0.3 is 20.2 Å². The predicted molar refractivity (Wildman–Crippen MR) is 122 cm³/mol. The summed E-state index contributed by atoms with van der Waals surface area (Å²) < 4.78 is 11.1. The van der Waals surface area contributed by atoms with Crippen LogP contribution in [0.25, 0.3) is 11.3 Å². The molecule has 2 aromatic heterocycles. The van der Waals surface area contributed by atoms with Crippen molar-refractivity contribution in [3.05, 3.63) is 64.2 Å². The number of hydrogen-bond acceptors (Lipinski definition) is 6. The van der Waals surface area contributed by atoms with E-state index >= 15 is 0 Å². The molecule has 1 aromatic carbocycles. The Kier molecular flexibility index (Phi) is 6.41. The number of nitrogens with two attached hydrogens (primary N) is 1. The molecule has 4 rings (SSSR count). The Bertz CT molecular complexity index is 1150. The molecule has 0 saturated carbocycles. The van der Waals surface area contributed by atoms with E-state index in [-0.39, 0.29) is 6.42 Å². The fourth-order valence-corrected chi connectivity index (χ4v) is 5.07. The van der Waals surface area contributed by atoms with Crippen molar-refractivity contribution in [1.29, 1.82) is 0 Å². The number of amides is 2. The number of furan rings is 1. The molecule has 7 nitrogen and oxygen atoms in total. The number of nitrogens with one attached hydrogen (secondary N) is 1. The zero-order chi connectivity index (χ0) is 22.7. The van der Waals surface area contributed by atoms with E-state index in [9.17, 15) is 14.4 Å². The molecule has 1 aliphatic rings. The van der Waals surface area contributed by atoms with Crippen molar-refractivity contribution in [3.63, 3.8) is 0 Å². The van der Waals surface area contributed by atoms with Crippen molar-refractivity contribution >= 4 is 34.1 Å². The Morgan fingerprint density at radius 3 is 2.69 bits per heavy atom. The molecule has 2 amide bonds. The van der Waals surface area contributed by atoms with Gasteiger partial charge in [0, 0.05) is 16.9 Å². The molecule has 1 unspecified atom stereocenters. The van der Waals surface area contributed by atoms with Crippen LogP contribution in [0.2, 0.25) is 0 Å². The van der Waals surface area contributed by atoms with Crippen LogP contribution in [0.1, 0.15) is 46.3 Å². The van der Waals surface area contributed by atoms with E-state index < -0.39 is 23.9 Å². The second kappa shape index (κ2) is 9.40. The zero-order valence-electron chi connectivity index (χ0n) is 17.7. The number of rotatable bonds is 8. The van der Waals surface area contributed by atoms with Crippen molar-refractivity contribution in [2.45, 2.75) is 45.1 Å². The lowest BCUT2D eigenvalue weighted by molar-refractivity contribution is -0.153. The highest BCUT2D eigenvalue weighted by atomic mass is 32.1. The van der Waals surface area contributed by atoms with Crippen molar-refractivity contribution in [3.8, 4) is 11.3 Å². The van der Waals surface area contributed by atoms with Crippen molar-refractivity contribution < 1.29 is 23.5 Å². The Labute approximate surface area is 189 Å². The molecule has 0 fully saturated rings. The maximum atomic E-state index is 12.5. The molecule has 0 radical (unpaired) electrons. The summed E-state index contributed by atoms with van der Waals surface area (Å²) in [7, 11) is 0. The van der Waals surface area contributed by atoms with Crippen LogP contribution in [0.15, 0.2) is 46.9 Å². The van der Waals surface area contributed by atoms with Gasteiger partial charge in [0.05, 0.1) is 12.0 Å². The van der Waals surface area contributed by atoms with Gasteiger partial charge in [-0.15, -0.1) is 11.3 Å². The first-order valence-corrected chi connectivity index (χ1v) is 11.3. The molecule has 32 heavy (non-hydrogen) atoms. The second-order valence-electron chi connectivity index (χ2n) is 7.68. The van der Waals surface area contributed by atoms with Crippen LogP contribution in [-0.2, 0) is 33.6 Å². The SMILES string of the molecule is CC(OC(=O)CCc1ccc(-c2ccccc2)o1)C(=O)Nc1sc2c(c1C(N)=O)CCC2. The Hall–Kier alpha value is -3.39. The summed E-state index contributed by atoms with van der Waals surface area (Å²) >= 11 is 1.36. The smallest absolute Gasteiger partial charge is 0.307 e. The summed E-state index contributed by atoms with van der Waals surface area (Å²) in [5.74, 6) is -0.163. The number of fused-ring (bicyclic) bond motifs is 1. The molecule has 8 heteroatoms. The standard InChI is InChI=1S/C24H24N2O5S/c1-14(23(29)26-24-21(22(25)28)17-8-5-9-19(17)32-24)30-20(27)13-11-16-10-12-18(31-16)15-6-3-2-4-7-15/h2-4,6-7,10,12,14H,5,8-9,11,13H2,1H3,(H2,25,28)(H,26,29). The van der Waals surface area contributed by atoms with Crippen LogP contribution in [0, 0.1) is 0 Å². The van der Waals surface area contributed by atoms with Crippen molar-refractivity contribution in [1.82, 2.24) is 0 Å². The summed E-state index contributed by atoms with van der Waals surface area (Å²) in [6.07, 6.45) is 2.08. The monoisotopic (exact) mass is 452 g/mol. The van der Waals surface area contributed by atoms with Gasteiger partial charge >= 0.3 is 5.97 Å². The minimum atomic E-state index is -1.00. The van der Waals surface area contributed by atoms with Gasteiger partial charge in [0.1, 0.15) is 16.5 Å². The van der Waals surface area contributed by atoms with Crippen LogP contribution < -0.4 is 11.1 Å². The van der Waals surface area contributed by atoms with E-state index in [1.807, 2.05) is 42.5 Å². The normalized spacial score (nSPS) is 13.4. The third-order valence-electron chi connectivity index (χ3n) is 5.38. The van der Waals surface area contributed by atoms with Gasteiger partial charge in [-0.05, 0) is 43.9 Å². The van der Waals surface area contributed by atoms with E-state index in [1.165, 1.54) is 18.3 Å². The van der Waals surface area contributed by atoms with Gasteiger partial charge in [-0.3, -0.25) is 14.4 Å². The highest BCUT2D eigenvalue weighted by Crippen LogP contribution is 2.38. The maximum Gasteiger partial charge on any atom is 0.307 e. The van der Waals surface area contributed by atoms with Gasteiger partial charge in [0.2, 0.25) is 0 Å². The lowest BCUT2D eigenvalue weighted by Gasteiger charge is -2.13. The second-order valence-corrected chi connectivity index (χ2v) is 8.78. The van der Waals surface area contributed by atoms with Crippen LogP contribution in [0.4, 0.5) is 5.00 Å². The van der Waals surface area contributed by atoms with Crippen LogP contribution in [-0.4, -0.2) is 23.9 Å². The number of carbonyl (C=O) groups is 3. The number of anilines is 1. The van der Waals surface area contributed by atoms with E-state index in [0.29, 0.717) is 22.7 Å². The summed E-state index contributed by atoms with van der Waals surface area (Å²) in [5, 5.41) is 3.13. The third kappa shape index (κ3) is 4.75. The fourth-order valence-electron chi connectivity index (χ4n) is 3.77. The number of ether oxygens (including phenoxy) is 1. The lowest BCUT2D eigenvalue weighted by Crippen LogP contribution is -2.30. The van der Waals surface area contributed by atoms with E-state index in [1.54, 1.807) is 0 Å². The number of thiophene rings is 1. The highest BCUT2D eigenvalue weighted by molar-refractivity contribution is 7.17. The zero-order valence-corrected chi connectivity index (χ0v) is 18.5. The van der Waals surface area contributed by atoms with Gasteiger partial charge in [-0.1, -0.05) is 30.3 Å². The number of primary amides is 1. The van der Waals surface area contributed by atoms with E-state index in [2.05, 4.69) is 5.32 Å². The Morgan fingerprint density at radius 1 is 1.16 bits per heavy atom. The van der Waals surface area contributed by atoms with Crippen LogP contribution in [0.5, 0.6) is 0 Å². The number of benzene rings is 1. The van der Waals surface area contributed by atoms with Gasteiger partial charge in [0.15, 0.2) is 6.10 Å². The predicted octanol–water partition coefficient (Wildman–Crippen LogP) is 4.10. The lowest BCUT2D eigenvalue weighted by atomic mass is 10.1. The molecule has 0 aliphatic heterocycles. The molecule has 166 valence electrons. The average molecular weight is 453 g/mol. The summed E-state index contributed by atoms with van der Waals surface area (Å²) in [6.45, 7) is 1.50. The Morgan fingerprint density at radius 2 is 1.94 bits per heavy atom. The van der Waals surface area contributed by atoms with Gasteiger partial charge in [-0.25, -0.2) is 0 Å². The fraction of sp³-hybridized carbons (Fsp3) is 0.292. The van der Waals surface area contributed by atoms with Crippen molar-refractivity contribution in [2.75, 3.05) is 5.32 Å². The molecule has 0 saturated heterocycles. The van der Waals surface area contributed by atoms with Gasteiger partial charge in [0.25, 0.3) is 11.8 Å². The molecule has 0 bridgehead atoms. The van der Waals surface area contributed by atoms with Gasteiger partial charge in [-0.2, -0.15) is 0 Å². The first-order valence-electron chi connectivity index (χ1n) is 10.5. The first kappa shape index (κ1) is 21.8. The third-order valence-corrected chi connectivity index (χ3v) is 6.58. The molecule has 1 aliphatic carbocycles. The average Bonchev–Trinajstić information content (AvgIpc) is 3.48. The summed E-state index contributed by atoms with van der Waals surface area (Å²) in [6, 6.07) is 13.4. The minimum absolute atomic E-state index is 0.0825. The first-order chi connectivity index (χ1) is 15.4. The maximum absolute atomic E-state index is 12.5. The van der Waals surface area contributed by atoms with Crippen LogP contribution >= 0.6 is 11.3 Å². The van der Waals surface area contributed by atoms with Crippen LogP contribution in [0.3, 0.4) is 0 Å². The highest BCUT2D eigenvalue weighted by Gasteiger charge is 2.27. The van der Waals surface area contributed by atoms with E-state index in [0.717, 1.165) is 41.0 Å². The Balaban J connectivity index is 1.30. The quantitative estimate of drug-likeness (QED) is 0.500. The number of hydrogen-bond donors (Lipinski definition) is 2. The molecular weight excluding hydrogens is 428 g/mol. The molecule has 3 aromatic rings. The minimum Gasteiger partial charge on any atom is -0.461 e. The summed E-state index contributed by atoms with van der Waals surface area (Å²) in [5.41, 5.74) is 7.78. The molecule has 0 spiro atoms.